The van der Waals surface area contributed by atoms with Gasteiger partial charge in [0.05, 0.1) is 18.7 Å². The number of aromatic nitrogens is 3. The van der Waals surface area contributed by atoms with Gasteiger partial charge in [-0.15, -0.1) is 24.0 Å². The number of guanidine groups is 1. The first-order valence-corrected chi connectivity index (χ1v) is 8.32. The fourth-order valence-corrected chi connectivity index (χ4v) is 3.29. The lowest BCUT2D eigenvalue weighted by Crippen LogP contribution is -2.47. The fraction of sp³-hybridized carbons (Fsp3) is 0.800. The Kier molecular flexibility index (Phi) is 6.63. The lowest BCUT2D eigenvalue weighted by Gasteiger charge is -2.26. The van der Waals surface area contributed by atoms with Gasteiger partial charge in [-0.25, -0.2) is 9.67 Å². The summed E-state index contributed by atoms with van der Waals surface area (Å²) in [6.45, 7) is 4.15. The molecule has 0 radical (unpaired) electrons. The SMILES string of the molecule is CCNC(=NCC1(O)CCCC1)NC1CCc2ncnn2C1.I. The molecule has 0 aromatic carbocycles. The lowest BCUT2D eigenvalue weighted by atomic mass is 10.0. The Morgan fingerprint density at radius 3 is 3.00 bits per heavy atom. The number of nitrogens with zero attached hydrogens (tertiary/aromatic N) is 4. The van der Waals surface area contributed by atoms with Gasteiger partial charge in [-0.1, -0.05) is 12.8 Å². The minimum atomic E-state index is -0.603. The quantitative estimate of drug-likeness (QED) is 0.375. The van der Waals surface area contributed by atoms with Gasteiger partial charge in [0.15, 0.2) is 5.96 Å². The van der Waals surface area contributed by atoms with Crippen molar-refractivity contribution in [1.82, 2.24) is 25.4 Å². The normalized spacial score (nSPS) is 23.0. The molecule has 3 N–H and O–H groups in total. The highest BCUT2D eigenvalue weighted by Crippen LogP contribution is 2.29. The van der Waals surface area contributed by atoms with Gasteiger partial charge in [-0.05, 0) is 26.2 Å². The lowest BCUT2D eigenvalue weighted by molar-refractivity contribution is 0.0574. The zero-order chi connectivity index (χ0) is 15.4. The van der Waals surface area contributed by atoms with Crippen LogP contribution in [0.25, 0.3) is 0 Å². The fourth-order valence-electron chi connectivity index (χ4n) is 3.29. The molecular weight excluding hydrogens is 407 g/mol. The molecule has 2 aliphatic rings. The molecule has 1 aliphatic heterocycles. The third kappa shape index (κ3) is 4.79. The van der Waals surface area contributed by atoms with Crippen molar-refractivity contribution in [1.29, 1.82) is 0 Å². The maximum atomic E-state index is 10.4. The van der Waals surface area contributed by atoms with E-state index in [0.29, 0.717) is 12.6 Å². The summed E-state index contributed by atoms with van der Waals surface area (Å²) in [7, 11) is 0. The first kappa shape index (κ1) is 18.4. The summed E-state index contributed by atoms with van der Waals surface area (Å²) in [5.41, 5.74) is -0.603. The highest BCUT2D eigenvalue weighted by molar-refractivity contribution is 14.0. The Morgan fingerprint density at radius 2 is 2.26 bits per heavy atom. The summed E-state index contributed by atoms with van der Waals surface area (Å²) >= 11 is 0. The molecule has 0 amide bonds. The highest BCUT2D eigenvalue weighted by atomic mass is 127. The van der Waals surface area contributed by atoms with Crippen LogP contribution in [0, 0.1) is 0 Å². The highest BCUT2D eigenvalue weighted by Gasteiger charge is 2.31. The number of aliphatic imine (C=N–C) groups is 1. The van der Waals surface area contributed by atoms with Gasteiger partial charge >= 0.3 is 0 Å². The van der Waals surface area contributed by atoms with Crippen molar-refractivity contribution < 1.29 is 5.11 Å². The molecule has 1 aromatic rings. The molecule has 0 bridgehead atoms. The third-order valence-corrected chi connectivity index (χ3v) is 4.56. The summed E-state index contributed by atoms with van der Waals surface area (Å²) in [6.07, 6.45) is 7.51. The van der Waals surface area contributed by atoms with Crippen LogP contribution in [0.4, 0.5) is 0 Å². The van der Waals surface area contributed by atoms with E-state index < -0.39 is 5.60 Å². The number of rotatable bonds is 4. The van der Waals surface area contributed by atoms with Gasteiger partial charge in [0, 0.05) is 19.0 Å². The van der Waals surface area contributed by atoms with Gasteiger partial charge < -0.3 is 15.7 Å². The van der Waals surface area contributed by atoms with Gasteiger partial charge in [-0.3, -0.25) is 4.99 Å². The predicted molar refractivity (Wildman–Crippen MR) is 100 cm³/mol. The molecule has 23 heavy (non-hydrogen) atoms. The van der Waals surface area contributed by atoms with Crippen LogP contribution in [0.15, 0.2) is 11.3 Å². The Balaban J connectivity index is 0.00000192. The molecule has 130 valence electrons. The Hall–Kier alpha value is -0.900. The van der Waals surface area contributed by atoms with Crippen LogP contribution in [-0.2, 0) is 13.0 Å². The van der Waals surface area contributed by atoms with Crippen LogP contribution in [0.3, 0.4) is 0 Å². The van der Waals surface area contributed by atoms with Crippen LogP contribution in [-0.4, -0.2) is 50.6 Å². The van der Waals surface area contributed by atoms with E-state index in [0.717, 1.165) is 63.4 Å². The van der Waals surface area contributed by atoms with E-state index in [-0.39, 0.29) is 24.0 Å². The van der Waals surface area contributed by atoms with Gasteiger partial charge in [0.1, 0.15) is 12.2 Å². The van der Waals surface area contributed by atoms with Crippen molar-refractivity contribution in [3.8, 4) is 0 Å². The van der Waals surface area contributed by atoms with Crippen LogP contribution in [0.1, 0.15) is 44.9 Å². The van der Waals surface area contributed by atoms with E-state index in [4.69, 9.17) is 0 Å². The average Bonchev–Trinajstić information content (AvgIpc) is 3.14. The van der Waals surface area contributed by atoms with E-state index in [1.54, 1.807) is 6.33 Å². The topological polar surface area (TPSA) is 87.4 Å². The Morgan fingerprint density at radius 1 is 1.48 bits per heavy atom. The van der Waals surface area contributed by atoms with E-state index in [2.05, 4.69) is 32.6 Å². The molecule has 1 aliphatic carbocycles. The molecule has 3 rings (SSSR count). The number of aryl methyl sites for hydroxylation is 1. The van der Waals surface area contributed by atoms with E-state index in [1.807, 2.05) is 4.68 Å². The molecular formula is C15H27IN6O. The van der Waals surface area contributed by atoms with Crippen molar-refractivity contribution in [3.05, 3.63) is 12.2 Å². The average molecular weight is 434 g/mol. The number of aliphatic hydroxyl groups is 1. The number of hydrogen-bond acceptors (Lipinski definition) is 4. The molecule has 0 spiro atoms. The smallest absolute Gasteiger partial charge is 0.191 e. The van der Waals surface area contributed by atoms with Crippen LogP contribution in [0.5, 0.6) is 0 Å². The summed E-state index contributed by atoms with van der Waals surface area (Å²) < 4.78 is 1.95. The molecule has 1 atom stereocenters. The van der Waals surface area contributed by atoms with Gasteiger partial charge in [0.25, 0.3) is 0 Å². The summed E-state index contributed by atoms with van der Waals surface area (Å²) in [5, 5.41) is 21.4. The first-order valence-electron chi connectivity index (χ1n) is 8.32. The minimum absolute atomic E-state index is 0. The first-order chi connectivity index (χ1) is 10.7. The van der Waals surface area contributed by atoms with Crippen LogP contribution >= 0.6 is 24.0 Å². The zero-order valence-corrected chi connectivity index (χ0v) is 16.0. The van der Waals surface area contributed by atoms with E-state index >= 15 is 0 Å². The molecule has 1 unspecified atom stereocenters. The maximum absolute atomic E-state index is 10.4. The number of fused-ring (bicyclic) bond motifs is 1. The molecule has 2 heterocycles. The number of hydrogen-bond donors (Lipinski definition) is 3. The molecule has 1 fully saturated rings. The number of nitrogens with one attached hydrogen (secondary N) is 2. The zero-order valence-electron chi connectivity index (χ0n) is 13.7. The van der Waals surface area contributed by atoms with E-state index in [1.165, 1.54) is 0 Å². The summed E-state index contributed by atoms with van der Waals surface area (Å²) in [6, 6.07) is 0.297. The number of halogens is 1. The third-order valence-electron chi connectivity index (χ3n) is 4.56. The summed E-state index contributed by atoms with van der Waals surface area (Å²) in [4.78, 5) is 8.85. The van der Waals surface area contributed by atoms with Crippen molar-refractivity contribution in [3.63, 3.8) is 0 Å². The van der Waals surface area contributed by atoms with E-state index in [9.17, 15) is 5.11 Å². The second-order valence-electron chi connectivity index (χ2n) is 6.36. The van der Waals surface area contributed by atoms with Crippen LogP contribution in [0.2, 0.25) is 0 Å². The standard InChI is InChI=1S/C15H26N6O.HI/c1-2-16-14(17-10-15(22)7-3-4-8-15)20-12-5-6-13-18-11-19-21(13)9-12;/h11-12,22H,2-10H2,1H3,(H2,16,17,20);1H. The predicted octanol–water partition coefficient (Wildman–Crippen LogP) is 1.07. The molecule has 1 saturated carbocycles. The molecule has 0 saturated heterocycles. The largest absolute Gasteiger partial charge is 0.388 e. The monoisotopic (exact) mass is 434 g/mol. The minimum Gasteiger partial charge on any atom is -0.388 e. The van der Waals surface area contributed by atoms with Crippen LogP contribution < -0.4 is 10.6 Å². The van der Waals surface area contributed by atoms with Crippen molar-refractivity contribution in [2.75, 3.05) is 13.1 Å². The van der Waals surface area contributed by atoms with Gasteiger partial charge in [0.2, 0.25) is 0 Å². The molecule has 7 nitrogen and oxygen atoms in total. The Bertz CT molecular complexity index is 526. The van der Waals surface area contributed by atoms with Crippen molar-refractivity contribution in [2.24, 2.45) is 4.99 Å². The summed E-state index contributed by atoms with van der Waals surface area (Å²) in [5.74, 6) is 1.84. The molecule has 8 heteroatoms. The Labute approximate surface area is 154 Å². The molecule has 1 aromatic heterocycles. The second kappa shape index (κ2) is 8.27. The second-order valence-corrected chi connectivity index (χ2v) is 6.36. The van der Waals surface area contributed by atoms with Crippen molar-refractivity contribution >= 4 is 29.9 Å². The van der Waals surface area contributed by atoms with Gasteiger partial charge in [-0.2, -0.15) is 5.10 Å². The maximum Gasteiger partial charge on any atom is 0.191 e. The van der Waals surface area contributed by atoms with Crippen molar-refractivity contribution in [2.45, 2.75) is 63.6 Å².